The van der Waals surface area contributed by atoms with Crippen LogP contribution in [0.4, 0.5) is 4.39 Å². The number of hydrogen-bond donors (Lipinski definition) is 0. The molecule has 1 amide bonds. The number of piperidine rings is 1. The molecule has 1 saturated heterocycles. The maximum atomic E-state index is 13.0. The SMILES string of the molecule is C[C@H]1CCCN(C(=O)CCCn2cc(-c3ccc(F)cc3)cn2)C1. The number of aromatic nitrogens is 2. The predicted molar refractivity (Wildman–Crippen MR) is 91.8 cm³/mol. The highest BCUT2D eigenvalue weighted by Gasteiger charge is 2.20. The van der Waals surface area contributed by atoms with E-state index in [-0.39, 0.29) is 11.7 Å². The fourth-order valence-electron chi connectivity index (χ4n) is 3.24. The summed E-state index contributed by atoms with van der Waals surface area (Å²) >= 11 is 0. The molecule has 24 heavy (non-hydrogen) atoms. The maximum Gasteiger partial charge on any atom is 0.222 e. The third-order valence-electron chi connectivity index (χ3n) is 4.60. The van der Waals surface area contributed by atoms with Gasteiger partial charge in [-0.05, 0) is 42.9 Å². The van der Waals surface area contributed by atoms with E-state index in [1.54, 1.807) is 18.3 Å². The molecule has 2 heterocycles. The Morgan fingerprint density at radius 3 is 2.83 bits per heavy atom. The van der Waals surface area contributed by atoms with Crippen LogP contribution < -0.4 is 0 Å². The van der Waals surface area contributed by atoms with Gasteiger partial charge < -0.3 is 4.90 Å². The Morgan fingerprint density at radius 2 is 2.08 bits per heavy atom. The molecule has 0 N–H and O–H groups in total. The fraction of sp³-hybridized carbons (Fsp3) is 0.474. The van der Waals surface area contributed by atoms with Crippen molar-refractivity contribution in [3.05, 3.63) is 42.5 Å². The van der Waals surface area contributed by atoms with Crippen molar-refractivity contribution in [3.8, 4) is 11.1 Å². The van der Waals surface area contributed by atoms with Crippen LogP contribution in [0.3, 0.4) is 0 Å². The molecule has 128 valence electrons. The van der Waals surface area contributed by atoms with Gasteiger partial charge in [-0.25, -0.2) is 4.39 Å². The monoisotopic (exact) mass is 329 g/mol. The molecule has 1 aromatic carbocycles. The topological polar surface area (TPSA) is 38.1 Å². The van der Waals surface area contributed by atoms with Crippen molar-refractivity contribution in [1.29, 1.82) is 0 Å². The van der Waals surface area contributed by atoms with Gasteiger partial charge in [-0.15, -0.1) is 0 Å². The van der Waals surface area contributed by atoms with Gasteiger partial charge in [0.25, 0.3) is 0 Å². The van der Waals surface area contributed by atoms with Crippen LogP contribution in [0.15, 0.2) is 36.7 Å². The zero-order valence-corrected chi connectivity index (χ0v) is 14.1. The van der Waals surface area contributed by atoms with E-state index in [0.717, 1.165) is 43.6 Å². The van der Waals surface area contributed by atoms with Crippen LogP contribution in [0.5, 0.6) is 0 Å². The molecule has 0 saturated carbocycles. The van der Waals surface area contributed by atoms with Crippen molar-refractivity contribution < 1.29 is 9.18 Å². The van der Waals surface area contributed by atoms with Crippen LogP contribution in [0.2, 0.25) is 0 Å². The second-order valence-electron chi connectivity index (χ2n) is 6.69. The molecule has 1 fully saturated rings. The smallest absolute Gasteiger partial charge is 0.222 e. The number of aryl methyl sites for hydroxylation is 1. The first-order chi connectivity index (χ1) is 11.6. The molecule has 0 bridgehead atoms. The Hall–Kier alpha value is -2.17. The summed E-state index contributed by atoms with van der Waals surface area (Å²) in [6, 6.07) is 6.39. The van der Waals surface area contributed by atoms with E-state index in [2.05, 4.69) is 12.0 Å². The van der Waals surface area contributed by atoms with E-state index in [1.807, 2.05) is 15.8 Å². The van der Waals surface area contributed by atoms with Gasteiger partial charge in [-0.1, -0.05) is 19.1 Å². The lowest BCUT2D eigenvalue weighted by Crippen LogP contribution is -2.39. The van der Waals surface area contributed by atoms with E-state index in [4.69, 9.17) is 0 Å². The largest absolute Gasteiger partial charge is 0.342 e. The Bertz CT molecular complexity index is 680. The number of likely N-dealkylation sites (tertiary alicyclic amines) is 1. The van der Waals surface area contributed by atoms with Crippen LogP contribution in [0.25, 0.3) is 11.1 Å². The average Bonchev–Trinajstić information content (AvgIpc) is 3.04. The summed E-state index contributed by atoms with van der Waals surface area (Å²) in [5.41, 5.74) is 1.91. The van der Waals surface area contributed by atoms with Crippen LogP contribution >= 0.6 is 0 Å². The number of rotatable bonds is 5. The lowest BCUT2D eigenvalue weighted by atomic mass is 10.00. The molecular weight excluding hydrogens is 305 g/mol. The predicted octanol–water partition coefficient (Wildman–Crippen LogP) is 3.73. The van der Waals surface area contributed by atoms with Crippen LogP contribution in [-0.2, 0) is 11.3 Å². The van der Waals surface area contributed by atoms with Crippen molar-refractivity contribution in [2.45, 2.75) is 39.2 Å². The number of benzene rings is 1. The number of nitrogens with zero attached hydrogens (tertiary/aromatic N) is 3. The maximum absolute atomic E-state index is 13.0. The van der Waals surface area contributed by atoms with Gasteiger partial charge in [-0.3, -0.25) is 9.48 Å². The molecule has 1 aliphatic rings. The Balaban J connectivity index is 1.49. The fourth-order valence-corrected chi connectivity index (χ4v) is 3.24. The highest BCUT2D eigenvalue weighted by atomic mass is 19.1. The van der Waals surface area contributed by atoms with Gasteiger partial charge >= 0.3 is 0 Å². The normalized spacial score (nSPS) is 17.9. The highest BCUT2D eigenvalue weighted by Crippen LogP contribution is 2.19. The number of halogens is 1. The Morgan fingerprint density at radius 1 is 1.29 bits per heavy atom. The van der Waals surface area contributed by atoms with Gasteiger partial charge in [-0.2, -0.15) is 5.10 Å². The first-order valence-electron chi connectivity index (χ1n) is 8.68. The summed E-state index contributed by atoms with van der Waals surface area (Å²) in [4.78, 5) is 14.3. The van der Waals surface area contributed by atoms with E-state index in [9.17, 15) is 9.18 Å². The summed E-state index contributed by atoms with van der Waals surface area (Å²) in [5.74, 6) is 0.635. The number of carbonyl (C=O) groups excluding carboxylic acids is 1. The van der Waals surface area contributed by atoms with Gasteiger partial charge in [0.2, 0.25) is 5.91 Å². The summed E-state index contributed by atoms with van der Waals surface area (Å²) < 4.78 is 14.8. The van der Waals surface area contributed by atoms with Crippen LogP contribution in [-0.4, -0.2) is 33.7 Å². The third-order valence-corrected chi connectivity index (χ3v) is 4.60. The summed E-state index contributed by atoms with van der Waals surface area (Å²) in [5, 5.41) is 4.33. The number of amides is 1. The Kier molecular flexibility index (Phi) is 5.28. The number of hydrogen-bond acceptors (Lipinski definition) is 2. The highest BCUT2D eigenvalue weighted by molar-refractivity contribution is 5.76. The Labute approximate surface area is 142 Å². The average molecular weight is 329 g/mol. The molecule has 1 aliphatic heterocycles. The minimum Gasteiger partial charge on any atom is -0.342 e. The minimum absolute atomic E-state index is 0.239. The molecule has 3 rings (SSSR count). The zero-order valence-electron chi connectivity index (χ0n) is 14.1. The van der Waals surface area contributed by atoms with Crippen molar-refractivity contribution in [3.63, 3.8) is 0 Å². The van der Waals surface area contributed by atoms with E-state index >= 15 is 0 Å². The van der Waals surface area contributed by atoms with E-state index in [1.165, 1.54) is 18.6 Å². The molecule has 0 unspecified atom stereocenters. The number of carbonyl (C=O) groups is 1. The van der Waals surface area contributed by atoms with Gasteiger partial charge in [0.1, 0.15) is 5.82 Å². The second kappa shape index (κ2) is 7.60. The minimum atomic E-state index is -0.239. The third kappa shape index (κ3) is 4.22. The van der Waals surface area contributed by atoms with Crippen molar-refractivity contribution in [1.82, 2.24) is 14.7 Å². The molecule has 0 aliphatic carbocycles. The van der Waals surface area contributed by atoms with Crippen LogP contribution in [0.1, 0.15) is 32.6 Å². The summed E-state index contributed by atoms with van der Waals surface area (Å²) in [6.45, 7) is 4.73. The van der Waals surface area contributed by atoms with Gasteiger partial charge in [0.15, 0.2) is 0 Å². The first-order valence-corrected chi connectivity index (χ1v) is 8.68. The van der Waals surface area contributed by atoms with Crippen molar-refractivity contribution in [2.75, 3.05) is 13.1 Å². The molecule has 2 aromatic rings. The quantitative estimate of drug-likeness (QED) is 0.838. The molecular formula is C19H24FN3O. The summed E-state index contributed by atoms with van der Waals surface area (Å²) in [7, 11) is 0. The molecule has 1 aromatic heterocycles. The van der Waals surface area contributed by atoms with Gasteiger partial charge in [0.05, 0.1) is 6.20 Å². The molecule has 4 nitrogen and oxygen atoms in total. The molecule has 0 spiro atoms. The van der Waals surface area contributed by atoms with E-state index < -0.39 is 0 Å². The molecule has 5 heteroatoms. The first kappa shape index (κ1) is 16.7. The van der Waals surface area contributed by atoms with E-state index in [0.29, 0.717) is 12.3 Å². The second-order valence-corrected chi connectivity index (χ2v) is 6.69. The lowest BCUT2D eigenvalue weighted by Gasteiger charge is -2.31. The standard InChI is InChI=1S/C19H24FN3O/c1-15-4-2-10-22(13-15)19(24)5-3-11-23-14-17(12-21-23)16-6-8-18(20)9-7-16/h6-9,12,14-15H,2-5,10-11,13H2,1H3/t15-/m0/s1. The molecule has 0 radical (unpaired) electrons. The zero-order chi connectivity index (χ0) is 16.9. The molecule has 1 atom stereocenters. The van der Waals surface area contributed by atoms with Crippen LogP contribution in [0, 0.1) is 11.7 Å². The summed E-state index contributed by atoms with van der Waals surface area (Å²) in [6.07, 6.45) is 7.42. The van der Waals surface area contributed by atoms with Crippen molar-refractivity contribution in [2.24, 2.45) is 5.92 Å². The van der Waals surface area contributed by atoms with Gasteiger partial charge in [0, 0.05) is 37.8 Å². The van der Waals surface area contributed by atoms with Crippen molar-refractivity contribution >= 4 is 5.91 Å². The lowest BCUT2D eigenvalue weighted by molar-refractivity contribution is -0.133.